The SMILES string of the molecule is CC.c1nnsn1. The molecule has 0 saturated carbocycles. The van der Waals surface area contributed by atoms with Gasteiger partial charge in [0.25, 0.3) is 0 Å². The van der Waals surface area contributed by atoms with Crippen molar-refractivity contribution in [1.82, 2.24) is 14.0 Å². The molecule has 0 unspecified atom stereocenters. The van der Waals surface area contributed by atoms with Gasteiger partial charge in [0.2, 0.25) is 0 Å². The molecule has 0 fully saturated rings. The van der Waals surface area contributed by atoms with Crippen molar-refractivity contribution in [2.75, 3.05) is 0 Å². The van der Waals surface area contributed by atoms with Crippen molar-refractivity contribution < 1.29 is 0 Å². The van der Waals surface area contributed by atoms with Gasteiger partial charge in [-0.2, -0.15) is 4.37 Å². The van der Waals surface area contributed by atoms with Gasteiger partial charge in [0.15, 0.2) is 6.33 Å². The summed E-state index contributed by atoms with van der Waals surface area (Å²) >= 11 is 1.10. The van der Waals surface area contributed by atoms with Gasteiger partial charge in [-0.1, -0.05) is 18.3 Å². The van der Waals surface area contributed by atoms with E-state index < -0.39 is 0 Å². The third-order valence-electron chi connectivity index (χ3n) is 0.230. The zero-order valence-electron chi connectivity index (χ0n) is 4.33. The molecule has 7 heavy (non-hydrogen) atoms. The Hall–Kier alpha value is -0.510. The molecule has 0 amide bonds. The Bertz CT molecular complexity index is 66.7. The molecule has 40 valence electrons. The van der Waals surface area contributed by atoms with Gasteiger partial charge in [0, 0.05) is 0 Å². The zero-order chi connectivity index (χ0) is 5.54. The number of rotatable bonds is 0. The molecule has 0 aliphatic rings. The predicted octanol–water partition coefficient (Wildman–Crippen LogP) is 0.959. The van der Waals surface area contributed by atoms with Crippen LogP contribution >= 0.6 is 11.7 Å². The van der Waals surface area contributed by atoms with Gasteiger partial charge in [-0.25, -0.2) is 0 Å². The van der Waals surface area contributed by atoms with E-state index in [1.54, 1.807) is 0 Å². The van der Waals surface area contributed by atoms with Crippen LogP contribution in [0.1, 0.15) is 13.8 Å². The molecule has 0 saturated heterocycles. The Morgan fingerprint density at radius 2 is 2.14 bits per heavy atom. The maximum absolute atomic E-state index is 3.54. The Morgan fingerprint density at radius 1 is 1.43 bits per heavy atom. The third-order valence-corrected chi connectivity index (χ3v) is 0.585. The molecule has 0 aliphatic carbocycles. The highest BCUT2D eigenvalue weighted by molar-refractivity contribution is 6.98. The van der Waals surface area contributed by atoms with Crippen molar-refractivity contribution in [3.63, 3.8) is 0 Å². The van der Waals surface area contributed by atoms with Crippen LogP contribution in [-0.2, 0) is 0 Å². The fourth-order valence-corrected chi connectivity index (χ4v) is 0.316. The van der Waals surface area contributed by atoms with E-state index in [0.29, 0.717) is 0 Å². The minimum Gasteiger partial charge on any atom is -0.160 e. The van der Waals surface area contributed by atoms with E-state index >= 15 is 0 Å². The van der Waals surface area contributed by atoms with Gasteiger partial charge >= 0.3 is 0 Å². The van der Waals surface area contributed by atoms with Crippen molar-refractivity contribution >= 4 is 11.7 Å². The van der Waals surface area contributed by atoms with Crippen LogP contribution in [0.15, 0.2) is 6.33 Å². The summed E-state index contributed by atoms with van der Waals surface area (Å²) in [4.78, 5) is 0. The molecule has 1 heterocycles. The summed E-state index contributed by atoms with van der Waals surface area (Å²) in [6.07, 6.45) is 1.41. The van der Waals surface area contributed by atoms with Gasteiger partial charge < -0.3 is 0 Å². The zero-order valence-corrected chi connectivity index (χ0v) is 5.14. The first-order valence-corrected chi connectivity index (χ1v) is 2.81. The van der Waals surface area contributed by atoms with Crippen LogP contribution in [0.4, 0.5) is 0 Å². The van der Waals surface area contributed by atoms with Crippen molar-refractivity contribution in [2.24, 2.45) is 0 Å². The molecule has 0 radical (unpaired) electrons. The first-order valence-electron chi connectivity index (χ1n) is 2.08. The molecule has 4 heteroatoms. The largest absolute Gasteiger partial charge is 0.160 e. The molecule has 0 spiro atoms. The lowest BCUT2D eigenvalue weighted by Crippen LogP contribution is -1.51. The van der Waals surface area contributed by atoms with E-state index in [0.717, 1.165) is 11.7 Å². The second-order valence-electron chi connectivity index (χ2n) is 0.500. The van der Waals surface area contributed by atoms with Crippen LogP contribution in [-0.4, -0.2) is 14.0 Å². The summed E-state index contributed by atoms with van der Waals surface area (Å²) in [6, 6.07) is 0. The lowest BCUT2D eigenvalue weighted by molar-refractivity contribution is 1.14. The highest BCUT2D eigenvalue weighted by atomic mass is 32.1. The Morgan fingerprint density at radius 3 is 2.29 bits per heavy atom. The molecule has 0 N–H and O–H groups in total. The van der Waals surface area contributed by atoms with Gasteiger partial charge in [0.05, 0.1) is 11.7 Å². The summed E-state index contributed by atoms with van der Waals surface area (Å²) in [7, 11) is 0. The molecule has 0 bridgehead atoms. The lowest BCUT2D eigenvalue weighted by Gasteiger charge is -1.36. The van der Waals surface area contributed by atoms with Crippen molar-refractivity contribution in [1.29, 1.82) is 0 Å². The van der Waals surface area contributed by atoms with Gasteiger partial charge in [-0.15, -0.1) is 5.10 Å². The first-order chi connectivity index (χ1) is 3.50. The molecule has 3 nitrogen and oxygen atoms in total. The molecular formula is C3H7N3S. The monoisotopic (exact) mass is 117 g/mol. The lowest BCUT2D eigenvalue weighted by atomic mass is 11.0. The molecule has 1 aromatic heterocycles. The van der Waals surface area contributed by atoms with Crippen molar-refractivity contribution in [2.45, 2.75) is 13.8 Å². The first kappa shape index (κ1) is 6.49. The van der Waals surface area contributed by atoms with Crippen LogP contribution in [0.3, 0.4) is 0 Å². The van der Waals surface area contributed by atoms with E-state index in [-0.39, 0.29) is 0 Å². The molecule has 1 aromatic rings. The number of hydrogen-bond donors (Lipinski definition) is 0. The Kier molecular flexibility index (Phi) is 5.09. The summed E-state index contributed by atoms with van der Waals surface area (Å²) in [5.41, 5.74) is 0. The standard InChI is InChI=1S/C2H6.CHN3S/c1-2;1-2-4-5-3-1/h1-2H3;1H. The fraction of sp³-hybridized carbons (Fsp3) is 0.667. The maximum atomic E-state index is 3.54. The van der Waals surface area contributed by atoms with E-state index in [1.807, 2.05) is 13.8 Å². The topological polar surface area (TPSA) is 38.7 Å². The Labute approximate surface area is 46.7 Å². The van der Waals surface area contributed by atoms with E-state index in [4.69, 9.17) is 0 Å². The number of nitrogens with zero attached hydrogens (tertiary/aromatic N) is 3. The molecule has 0 aromatic carbocycles. The van der Waals surface area contributed by atoms with Crippen LogP contribution in [0.25, 0.3) is 0 Å². The van der Waals surface area contributed by atoms with E-state index in [9.17, 15) is 0 Å². The van der Waals surface area contributed by atoms with Crippen LogP contribution in [0.5, 0.6) is 0 Å². The van der Waals surface area contributed by atoms with Crippen LogP contribution in [0, 0.1) is 0 Å². The van der Waals surface area contributed by atoms with E-state index in [2.05, 4.69) is 14.0 Å². The van der Waals surface area contributed by atoms with Crippen molar-refractivity contribution in [3.8, 4) is 0 Å². The number of hydrogen-bond acceptors (Lipinski definition) is 4. The summed E-state index contributed by atoms with van der Waals surface area (Å²) in [6.45, 7) is 4.00. The predicted molar refractivity (Wildman–Crippen MR) is 29.1 cm³/mol. The second-order valence-corrected chi connectivity index (χ2v) is 1.04. The highest BCUT2D eigenvalue weighted by Gasteiger charge is 1.62. The average Bonchev–Trinajstić information content (AvgIpc) is 2.23. The average molecular weight is 117 g/mol. The maximum Gasteiger partial charge on any atom is 0.153 e. The minimum absolute atomic E-state index is 1.10. The molecule has 0 atom stereocenters. The van der Waals surface area contributed by atoms with Crippen molar-refractivity contribution in [3.05, 3.63) is 6.33 Å². The summed E-state index contributed by atoms with van der Waals surface area (Å²) < 4.78 is 6.94. The Balaban J connectivity index is 0.000000162. The van der Waals surface area contributed by atoms with Gasteiger partial charge in [-0.3, -0.25) is 0 Å². The highest BCUT2D eigenvalue weighted by Crippen LogP contribution is 1.68. The molecule has 1 rings (SSSR count). The van der Waals surface area contributed by atoms with E-state index in [1.165, 1.54) is 6.33 Å². The van der Waals surface area contributed by atoms with Crippen LogP contribution < -0.4 is 0 Å². The quantitative estimate of drug-likeness (QED) is 0.508. The fourth-order valence-electron chi connectivity index (χ4n) is 0.105. The van der Waals surface area contributed by atoms with Gasteiger partial charge in [-0.05, 0) is 0 Å². The molecular weight excluding hydrogens is 110 g/mol. The van der Waals surface area contributed by atoms with Gasteiger partial charge in [0.1, 0.15) is 0 Å². The van der Waals surface area contributed by atoms with Crippen LogP contribution in [0.2, 0.25) is 0 Å². The molecule has 0 aliphatic heterocycles. The number of aromatic nitrogens is 3. The minimum atomic E-state index is 1.10. The third kappa shape index (κ3) is 3.32. The normalized spacial score (nSPS) is 6.57. The smallest absolute Gasteiger partial charge is 0.153 e. The summed E-state index contributed by atoms with van der Waals surface area (Å²) in [5.74, 6) is 0. The summed E-state index contributed by atoms with van der Waals surface area (Å²) in [5, 5.41) is 3.38. The second kappa shape index (κ2) is 5.49.